The molecule has 1 aliphatic rings. The fourth-order valence-corrected chi connectivity index (χ4v) is 5.00. The predicted molar refractivity (Wildman–Crippen MR) is 156 cm³/mol. The van der Waals surface area contributed by atoms with E-state index in [-0.39, 0.29) is 53.4 Å². The zero-order chi connectivity index (χ0) is 30.6. The molecule has 0 fully saturated rings. The number of carboxylic acid groups (broad SMARTS) is 1. The third-order valence-corrected chi connectivity index (χ3v) is 7.03. The minimum atomic E-state index is -1.23. The van der Waals surface area contributed by atoms with E-state index in [1.165, 1.54) is 43.0 Å². The summed E-state index contributed by atoms with van der Waals surface area (Å²) >= 11 is 0. The Morgan fingerprint density at radius 2 is 1.91 bits per heavy atom. The number of benzene rings is 1. The van der Waals surface area contributed by atoms with Gasteiger partial charge in [-0.2, -0.15) is 5.10 Å². The van der Waals surface area contributed by atoms with E-state index in [0.29, 0.717) is 16.9 Å². The summed E-state index contributed by atoms with van der Waals surface area (Å²) in [6.45, 7) is 2.11. The van der Waals surface area contributed by atoms with Crippen LogP contribution < -0.4 is 10.1 Å². The number of nitrogens with one attached hydrogen (secondary N) is 1. The van der Waals surface area contributed by atoms with Crippen molar-refractivity contribution in [1.29, 1.82) is 0 Å². The lowest BCUT2D eigenvalue weighted by molar-refractivity contribution is 0.0526. The van der Waals surface area contributed by atoms with Crippen molar-refractivity contribution in [2.75, 3.05) is 11.9 Å². The van der Waals surface area contributed by atoms with E-state index in [2.05, 4.69) is 20.3 Å². The first-order valence-corrected chi connectivity index (χ1v) is 13.9. The Labute approximate surface area is 250 Å². The maximum Gasteiger partial charge on any atom is 0.341 e. The van der Waals surface area contributed by atoms with Gasteiger partial charge in [0.05, 0.1) is 25.0 Å². The van der Waals surface area contributed by atoms with E-state index < -0.39 is 11.9 Å². The van der Waals surface area contributed by atoms with Crippen LogP contribution in [0.2, 0.25) is 0 Å². The molecule has 1 aliphatic carbocycles. The number of nitrogens with zero attached hydrogens (tertiary/aromatic N) is 6. The van der Waals surface area contributed by atoms with Gasteiger partial charge in [0.1, 0.15) is 22.6 Å². The molecule has 0 saturated carbocycles. The first-order valence-electron chi connectivity index (χ1n) is 13.9. The quantitative estimate of drug-likeness (QED) is 0.204. The van der Waals surface area contributed by atoms with Crippen LogP contribution in [0.15, 0.2) is 67.3 Å². The Kier molecular flexibility index (Phi) is 7.91. The second kappa shape index (κ2) is 12.3. The van der Waals surface area contributed by atoms with Crippen molar-refractivity contribution in [2.45, 2.75) is 32.7 Å². The molecule has 0 amide bonds. The van der Waals surface area contributed by atoms with Crippen molar-refractivity contribution in [3.05, 3.63) is 101 Å². The van der Waals surface area contributed by atoms with Crippen molar-refractivity contribution >= 4 is 23.4 Å². The molecule has 1 aromatic carbocycles. The Morgan fingerprint density at radius 1 is 1.05 bits per heavy atom. The number of carboxylic acids is 1. The number of ether oxygens (including phenoxy) is 2. The van der Waals surface area contributed by atoms with E-state index in [9.17, 15) is 19.1 Å². The average molecular weight is 596 g/mol. The molecule has 0 aliphatic heterocycles. The molecule has 0 bridgehead atoms. The molecule has 4 aromatic heterocycles. The predicted octanol–water partition coefficient (Wildman–Crippen LogP) is 5.22. The number of anilines is 2. The maximum atomic E-state index is 14.5. The number of rotatable bonds is 10. The highest BCUT2D eigenvalue weighted by Crippen LogP contribution is 2.36. The zero-order valence-corrected chi connectivity index (χ0v) is 23.5. The second-order valence-electron chi connectivity index (χ2n) is 9.81. The molecule has 0 saturated heterocycles. The van der Waals surface area contributed by atoms with Crippen LogP contribution >= 0.6 is 0 Å². The van der Waals surface area contributed by atoms with Gasteiger partial charge >= 0.3 is 11.9 Å². The number of aromatic nitrogens is 6. The van der Waals surface area contributed by atoms with Crippen molar-refractivity contribution in [3.63, 3.8) is 0 Å². The monoisotopic (exact) mass is 595 g/mol. The van der Waals surface area contributed by atoms with Crippen LogP contribution in [0.1, 0.15) is 50.9 Å². The van der Waals surface area contributed by atoms with Crippen molar-refractivity contribution < 1.29 is 28.6 Å². The van der Waals surface area contributed by atoms with Crippen molar-refractivity contribution in [2.24, 2.45) is 0 Å². The Bertz CT molecular complexity index is 1880. The topological polar surface area (TPSA) is 154 Å². The van der Waals surface area contributed by atoms with Gasteiger partial charge in [0.2, 0.25) is 5.88 Å². The molecule has 44 heavy (non-hydrogen) atoms. The minimum absolute atomic E-state index is 0.0454. The molecular formula is C31H26FN7O5. The first kappa shape index (κ1) is 28.4. The number of esters is 1. The van der Waals surface area contributed by atoms with Gasteiger partial charge in [-0.3, -0.25) is 9.67 Å². The number of hydrogen-bond acceptors (Lipinski definition) is 10. The fourth-order valence-electron chi connectivity index (χ4n) is 5.00. The molecule has 222 valence electrons. The van der Waals surface area contributed by atoms with Crippen LogP contribution in [0.3, 0.4) is 0 Å². The SMILES string of the molecule is CCOC(=O)c1cnccc1Nc1nc(-c2nn(Cc3ccccc3F)c3c2CCC3)ncc1Oc1ncccc1C(=O)O. The fraction of sp³-hybridized carbons (Fsp3) is 0.194. The lowest BCUT2D eigenvalue weighted by Crippen LogP contribution is -2.10. The van der Waals surface area contributed by atoms with Crippen molar-refractivity contribution in [3.8, 4) is 23.1 Å². The smallest absolute Gasteiger partial charge is 0.341 e. The third kappa shape index (κ3) is 5.67. The van der Waals surface area contributed by atoms with Gasteiger partial charge in [0.25, 0.3) is 0 Å². The Hall–Kier alpha value is -5.72. The highest BCUT2D eigenvalue weighted by molar-refractivity contribution is 5.96. The number of pyridine rings is 2. The summed E-state index contributed by atoms with van der Waals surface area (Å²) in [4.78, 5) is 41.8. The molecule has 0 spiro atoms. The van der Waals surface area contributed by atoms with Crippen LogP contribution in [-0.4, -0.2) is 53.4 Å². The molecule has 0 atom stereocenters. The largest absolute Gasteiger partial charge is 0.477 e. The van der Waals surface area contributed by atoms with Gasteiger partial charge in [-0.25, -0.2) is 28.9 Å². The number of hydrogen-bond donors (Lipinski definition) is 2. The zero-order valence-electron chi connectivity index (χ0n) is 23.5. The average Bonchev–Trinajstić information content (AvgIpc) is 3.64. The summed E-state index contributed by atoms with van der Waals surface area (Å²) in [5, 5.41) is 17.5. The summed E-state index contributed by atoms with van der Waals surface area (Å²) in [5.41, 5.74) is 3.31. The maximum absolute atomic E-state index is 14.5. The van der Waals surface area contributed by atoms with Gasteiger partial charge in [-0.15, -0.1) is 0 Å². The first-order chi connectivity index (χ1) is 21.4. The molecule has 6 rings (SSSR count). The van der Waals surface area contributed by atoms with E-state index in [1.807, 2.05) is 0 Å². The van der Waals surface area contributed by atoms with Gasteiger partial charge < -0.3 is 19.9 Å². The van der Waals surface area contributed by atoms with E-state index in [0.717, 1.165) is 30.5 Å². The van der Waals surface area contributed by atoms with Crippen LogP contribution in [0.5, 0.6) is 11.6 Å². The Balaban J connectivity index is 1.43. The minimum Gasteiger partial charge on any atom is -0.477 e. The molecule has 12 nitrogen and oxygen atoms in total. The normalized spacial score (nSPS) is 12.0. The highest BCUT2D eigenvalue weighted by atomic mass is 19.1. The lowest BCUT2D eigenvalue weighted by Gasteiger charge is -2.15. The summed E-state index contributed by atoms with van der Waals surface area (Å²) in [7, 11) is 0. The van der Waals surface area contributed by atoms with E-state index >= 15 is 0 Å². The van der Waals surface area contributed by atoms with Gasteiger partial charge in [-0.1, -0.05) is 18.2 Å². The van der Waals surface area contributed by atoms with Gasteiger partial charge in [0.15, 0.2) is 17.4 Å². The molecule has 13 heteroatoms. The van der Waals surface area contributed by atoms with E-state index in [4.69, 9.17) is 19.6 Å². The number of halogens is 1. The molecule has 4 heterocycles. The second-order valence-corrected chi connectivity index (χ2v) is 9.81. The highest BCUT2D eigenvalue weighted by Gasteiger charge is 2.27. The molecule has 0 radical (unpaired) electrons. The van der Waals surface area contributed by atoms with Crippen LogP contribution in [0.25, 0.3) is 11.5 Å². The van der Waals surface area contributed by atoms with Gasteiger partial charge in [-0.05, 0) is 50.5 Å². The number of carbonyl (C=O) groups is 2. The Morgan fingerprint density at radius 3 is 2.73 bits per heavy atom. The summed E-state index contributed by atoms with van der Waals surface area (Å²) in [6.07, 6.45) is 8.07. The summed E-state index contributed by atoms with van der Waals surface area (Å²) in [5.74, 6) is -1.89. The number of fused-ring (bicyclic) bond motifs is 1. The van der Waals surface area contributed by atoms with Crippen LogP contribution in [0.4, 0.5) is 15.9 Å². The molecule has 0 unspecified atom stereocenters. The van der Waals surface area contributed by atoms with E-state index in [1.54, 1.807) is 35.9 Å². The van der Waals surface area contributed by atoms with Crippen LogP contribution in [0, 0.1) is 5.82 Å². The standard InChI is InChI=1S/C31H26FN7O5/c1-2-43-31(42)21-15-33-14-12-23(21)36-27-25(44-29-20(30(40)41)9-6-13-34-29)16-35-28(37-27)26-19-8-5-11-24(19)39(38-26)17-18-7-3-4-10-22(18)32/h3-4,6-7,9-10,12-16H,2,5,8,11,17H2,1H3,(H,40,41)(H,33,35,36,37). The number of carbonyl (C=O) groups excluding carboxylic acids is 1. The van der Waals surface area contributed by atoms with Crippen LogP contribution in [-0.2, 0) is 24.1 Å². The summed E-state index contributed by atoms with van der Waals surface area (Å²) < 4.78 is 27.4. The number of aromatic carboxylic acids is 1. The third-order valence-electron chi connectivity index (χ3n) is 7.03. The molecule has 5 aromatic rings. The summed E-state index contributed by atoms with van der Waals surface area (Å²) in [6, 6.07) is 11.0. The van der Waals surface area contributed by atoms with Crippen molar-refractivity contribution in [1.82, 2.24) is 29.7 Å². The van der Waals surface area contributed by atoms with Gasteiger partial charge in [0, 0.05) is 35.4 Å². The molecular weight excluding hydrogens is 569 g/mol. The molecule has 2 N–H and O–H groups in total. The lowest BCUT2D eigenvalue weighted by atomic mass is 10.2.